The highest BCUT2D eigenvalue weighted by molar-refractivity contribution is 7.17. The van der Waals surface area contributed by atoms with Crippen molar-refractivity contribution in [1.29, 1.82) is 0 Å². The van der Waals surface area contributed by atoms with Gasteiger partial charge in [0.05, 0.1) is 0 Å². The number of nitrogens with one attached hydrogen (secondary N) is 1. The molecule has 0 amide bonds. The van der Waals surface area contributed by atoms with Gasteiger partial charge in [0.25, 0.3) is 0 Å². The van der Waals surface area contributed by atoms with Crippen molar-refractivity contribution in [3.05, 3.63) is 35.2 Å². The number of rotatable bonds is 6. The predicted octanol–water partition coefficient (Wildman–Crippen LogP) is 4.22. The molecule has 0 fully saturated rings. The van der Waals surface area contributed by atoms with Crippen LogP contribution in [0.1, 0.15) is 32.3 Å². The topological polar surface area (TPSA) is 12.0 Å². The second kappa shape index (κ2) is 6.18. The van der Waals surface area contributed by atoms with Crippen LogP contribution in [0.2, 0.25) is 0 Å². The molecule has 0 aliphatic carbocycles. The molecule has 17 heavy (non-hydrogen) atoms. The van der Waals surface area contributed by atoms with Gasteiger partial charge in [0.2, 0.25) is 0 Å². The van der Waals surface area contributed by atoms with Crippen LogP contribution in [0.15, 0.2) is 29.6 Å². The van der Waals surface area contributed by atoms with Crippen LogP contribution in [0.3, 0.4) is 0 Å². The lowest BCUT2D eigenvalue weighted by molar-refractivity contribution is 0.496. The van der Waals surface area contributed by atoms with Gasteiger partial charge >= 0.3 is 0 Å². The standard InChI is InChI=1S/C15H21NS/c1-3-9-16-13(4-2)10-12-11-17-15-8-6-5-7-14(12)15/h5-8,11,13,16H,3-4,9-10H2,1-2H3. The molecule has 1 N–H and O–H groups in total. The summed E-state index contributed by atoms with van der Waals surface area (Å²) in [6.07, 6.45) is 3.56. The van der Waals surface area contributed by atoms with Crippen molar-refractivity contribution in [2.45, 2.75) is 39.2 Å². The minimum atomic E-state index is 0.618. The van der Waals surface area contributed by atoms with E-state index in [-0.39, 0.29) is 0 Å². The molecule has 0 bridgehead atoms. The number of fused-ring (bicyclic) bond motifs is 1. The molecule has 1 aromatic carbocycles. The summed E-state index contributed by atoms with van der Waals surface area (Å²) < 4.78 is 1.41. The van der Waals surface area contributed by atoms with Crippen molar-refractivity contribution < 1.29 is 0 Å². The maximum absolute atomic E-state index is 3.63. The lowest BCUT2D eigenvalue weighted by atomic mass is 10.0. The first kappa shape index (κ1) is 12.6. The van der Waals surface area contributed by atoms with E-state index >= 15 is 0 Å². The fraction of sp³-hybridized carbons (Fsp3) is 0.467. The SMILES string of the molecule is CCCNC(CC)Cc1csc2ccccc12. The average Bonchev–Trinajstić information content (AvgIpc) is 2.78. The average molecular weight is 247 g/mol. The van der Waals surface area contributed by atoms with E-state index in [9.17, 15) is 0 Å². The third-order valence-electron chi connectivity index (χ3n) is 3.20. The Morgan fingerprint density at radius 1 is 1.24 bits per heavy atom. The van der Waals surface area contributed by atoms with Crippen LogP contribution in [0.25, 0.3) is 10.1 Å². The van der Waals surface area contributed by atoms with Crippen LogP contribution in [-0.4, -0.2) is 12.6 Å². The molecule has 1 heterocycles. The summed E-state index contributed by atoms with van der Waals surface area (Å²) in [5.74, 6) is 0. The molecule has 0 spiro atoms. The van der Waals surface area contributed by atoms with Gasteiger partial charge in [-0.25, -0.2) is 0 Å². The Hall–Kier alpha value is -0.860. The maximum Gasteiger partial charge on any atom is 0.0345 e. The van der Waals surface area contributed by atoms with Crippen molar-refractivity contribution in [3.8, 4) is 0 Å². The molecule has 2 aromatic rings. The second-order valence-electron chi connectivity index (χ2n) is 4.52. The van der Waals surface area contributed by atoms with Gasteiger partial charge in [-0.05, 0) is 48.2 Å². The third-order valence-corrected chi connectivity index (χ3v) is 4.22. The van der Waals surface area contributed by atoms with Gasteiger partial charge in [0, 0.05) is 10.7 Å². The second-order valence-corrected chi connectivity index (χ2v) is 5.43. The zero-order valence-electron chi connectivity index (χ0n) is 10.7. The molecule has 0 saturated carbocycles. The van der Waals surface area contributed by atoms with E-state index in [1.807, 2.05) is 11.3 Å². The van der Waals surface area contributed by atoms with E-state index in [0.29, 0.717) is 6.04 Å². The summed E-state index contributed by atoms with van der Waals surface area (Å²) in [6.45, 7) is 5.61. The van der Waals surface area contributed by atoms with Gasteiger partial charge in [-0.15, -0.1) is 11.3 Å². The first-order valence-corrected chi connectivity index (χ1v) is 7.41. The largest absolute Gasteiger partial charge is 0.314 e. The molecule has 2 heteroatoms. The monoisotopic (exact) mass is 247 g/mol. The minimum Gasteiger partial charge on any atom is -0.314 e. The van der Waals surface area contributed by atoms with Crippen LogP contribution < -0.4 is 5.32 Å². The Morgan fingerprint density at radius 3 is 2.82 bits per heavy atom. The van der Waals surface area contributed by atoms with Crippen molar-refractivity contribution in [2.24, 2.45) is 0 Å². The molecule has 0 saturated heterocycles. The smallest absolute Gasteiger partial charge is 0.0345 e. The molecule has 1 nitrogen and oxygen atoms in total. The van der Waals surface area contributed by atoms with Gasteiger partial charge in [-0.1, -0.05) is 32.0 Å². The molecule has 1 aromatic heterocycles. The summed E-state index contributed by atoms with van der Waals surface area (Å²) in [7, 11) is 0. The Morgan fingerprint density at radius 2 is 2.06 bits per heavy atom. The molecule has 1 unspecified atom stereocenters. The lowest BCUT2D eigenvalue weighted by Crippen LogP contribution is -2.30. The summed E-state index contributed by atoms with van der Waals surface area (Å²) in [6, 6.07) is 9.33. The zero-order valence-corrected chi connectivity index (χ0v) is 11.5. The molecule has 0 radical (unpaired) electrons. The molecular weight excluding hydrogens is 226 g/mol. The highest BCUT2D eigenvalue weighted by atomic mass is 32.1. The molecule has 0 aliphatic rings. The first-order valence-electron chi connectivity index (χ1n) is 6.53. The van der Waals surface area contributed by atoms with Gasteiger partial charge in [0.15, 0.2) is 0 Å². The van der Waals surface area contributed by atoms with Crippen molar-refractivity contribution in [3.63, 3.8) is 0 Å². The summed E-state index contributed by atoms with van der Waals surface area (Å²) in [5.41, 5.74) is 1.50. The Kier molecular flexibility index (Phi) is 4.57. The van der Waals surface area contributed by atoms with Crippen LogP contribution in [0, 0.1) is 0 Å². The van der Waals surface area contributed by atoms with Crippen LogP contribution >= 0.6 is 11.3 Å². The predicted molar refractivity (Wildman–Crippen MR) is 77.9 cm³/mol. The molecule has 1 atom stereocenters. The van der Waals surface area contributed by atoms with Gasteiger partial charge in [0.1, 0.15) is 0 Å². The number of hydrogen-bond donors (Lipinski definition) is 1. The number of hydrogen-bond acceptors (Lipinski definition) is 2. The highest BCUT2D eigenvalue weighted by Gasteiger charge is 2.09. The number of benzene rings is 1. The van der Waals surface area contributed by atoms with E-state index in [1.54, 1.807) is 0 Å². The quantitative estimate of drug-likeness (QED) is 0.806. The Bertz CT molecular complexity index is 461. The first-order chi connectivity index (χ1) is 8.35. The Labute approximate surface area is 108 Å². The summed E-state index contributed by atoms with van der Waals surface area (Å²) in [4.78, 5) is 0. The summed E-state index contributed by atoms with van der Waals surface area (Å²) in [5, 5.41) is 7.39. The van der Waals surface area contributed by atoms with Crippen LogP contribution in [0.5, 0.6) is 0 Å². The van der Waals surface area contributed by atoms with Gasteiger partial charge in [-0.2, -0.15) is 0 Å². The van der Waals surface area contributed by atoms with Crippen LogP contribution in [-0.2, 0) is 6.42 Å². The zero-order chi connectivity index (χ0) is 12.1. The molecule has 2 rings (SSSR count). The molecule has 0 aliphatic heterocycles. The van der Waals surface area contributed by atoms with E-state index in [0.717, 1.165) is 13.0 Å². The summed E-state index contributed by atoms with van der Waals surface area (Å²) >= 11 is 1.86. The van der Waals surface area contributed by atoms with Crippen molar-refractivity contribution in [1.82, 2.24) is 5.32 Å². The van der Waals surface area contributed by atoms with E-state index in [4.69, 9.17) is 0 Å². The normalized spacial score (nSPS) is 13.1. The van der Waals surface area contributed by atoms with Crippen LogP contribution in [0.4, 0.5) is 0 Å². The minimum absolute atomic E-state index is 0.618. The van der Waals surface area contributed by atoms with Crippen molar-refractivity contribution in [2.75, 3.05) is 6.54 Å². The molecule has 92 valence electrons. The van der Waals surface area contributed by atoms with E-state index in [2.05, 4.69) is 48.8 Å². The third kappa shape index (κ3) is 3.08. The maximum atomic E-state index is 3.63. The fourth-order valence-corrected chi connectivity index (χ4v) is 3.14. The van der Waals surface area contributed by atoms with Gasteiger partial charge < -0.3 is 5.32 Å². The Balaban J connectivity index is 2.11. The van der Waals surface area contributed by atoms with Crippen molar-refractivity contribution >= 4 is 21.4 Å². The van der Waals surface area contributed by atoms with Gasteiger partial charge in [-0.3, -0.25) is 0 Å². The lowest BCUT2D eigenvalue weighted by Gasteiger charge is -2.16. The number of thiophene rings is 1. The fourth-order valence-electron chi connectivity index (χ4n) is 2.17. The highest BCUT2D eigenvalue weighted by Crippen LogP contribution is 2.26. The van der Waals surface area contributed by atoms with E-state index in [1.165, 1.54) is 28.5 Å². The molecular formula is C15H21NS. The van der Waals surface area contributed by atoms with E-state index < -0.39 is 0 Å².